The molecular formula is C12H10F3N3O. The molecule has 100 valence electrons. The van der Waals surface area contributed by atoms with E-state index >= 15 is 0 Å². The molecule has 0 bridgehead atoms. The van der Waals surface area contributed by atoms with Gasteiger partial charge in [-0.15, -0.1) is 0 Å². The van der Waals surface area contributed by atoms with E-state index in [1.807, 2.05) is 0 Å². The van der Waals surface area contributed by atoms with Crippen LogP contribution in [0.1, 0.15) is 29.1 Å². The van der Waals surface area contributed by atoms with Gasteiger partial charge in [-0.1, -0.05) is 0 Å². The van der Waals surface area contributed by atoms with Gasteiger partial charge in [-0.3, -0.25) is 4.79 Å². The Hall–Kier alpha value is -2.31. The number of carbonyl (C=O) groups is 1. The monoisotopic (exact) mass is 269 g/mol. The van der Waals surface area contributed by atoms with Gasteiger partial charge in [-0.25, -0.2) is 18.2 Å². The maximum atomic E-state index is 13.4. The number of halogens is 3. The molecule has 1 atom stereocenters. The first-order chi connectivity index (χ1) is 8.99. The molecule has 7 heteroatoms. The Labute approximate surface area is 106 Å². The molecule has 0 spiro atoms. The van der Waals surface area contributed by atoms with Crippen molar-refractivity contribution in [2.24, 2.45) is 0 Å². The average molecular weight is 269 g/mol. The van der Waals surface area contributed by atoms with Gasteiger partial charge in [0.25, 0.3) is 5.91 Å². The Bertz CT molecular complexity index is 575. The Morgan fingerprint density at radius 3 is 2.47 bits per heavy atom. The summed E-state index contributed by atoms with van der Waals surface area (Å²) in [5, 5.41) is 2.36. The summed E-state index contributed by atoms with van der Waals surface area (Å²) in [5.74, 6) is -4.11. The summed E-state index contributed by atoms with van der Waals surface area (Å²) in [7, 11) is 0. The number of benzene rings is 1. The van der Waals surface area contributed by atoms with Crippen LogP contribution in [-0.4, -0.2) is 15.9 Å². The van der Waals surface area contributed by atoms with Crippen molar-refractivity contribution in [2.45, 2.75) is 13.0 Å². The van der Waals surface area contributed by atoms with Crippen molar-refractivity contribution >= 4 is 5.91 Å². The number of aromatic nitrogens is 2. The van der Waals surface area contributed by atoms with Crippen molar-refractivity contribution in [1.82, 2.24) is 15.3 Å². The number of amides is 1. The van der Waals surface area contributed by atoms with Gasteiger partial charge in [0, 0.05) is 24.5 Å². The van der Waals surface area contributed by atoms with Gasteiger partial charge in [0.1, 0.15) is 28.8 Å². The number of aromatic amines is 1. The lowest BCUT2D eigenvalue weighted by Crippen LogP contribution is -2.29. The summed E-state index contributed by atoms with van der Waals surface area (Å²) in [6.07, 6.45) is 3.04. The minimum absolute atomic E-state index is 0.441. The zero-order valence-electron chi connectivity index (χ0n) is 9.88. The quantitative estimate of drug-likeness (QED) is 0.898. The van der Waals surface area contributed by atoms with Crippen LogP contribution in [0.25, 0.3) is 0 Å². The van der Waals surface area contributed by atoms with Gasteiger partial charge >= 0.3 is 0 Å². The molecule has 0 aliphatic rings. The summed E-state index contributed by atoms with van der Waals surface area (Å²) in [4.78, 5) is 18.4. The highest BCUT2D eigenvalue weighted by atomic mass is 19.1. The number of hydrogen-bond donors (Lipinski definition) is 2. The number of carbonyl (C=O) groups excluding carboxylic acids is 1. The third kappa shape index (κ3) is 2.75. The molecule has 1 amide bonds. The standard InChI is InChI=1S/C12H10F3N3O/c1-6(11-16-2-3-17-11)18-12(19)10-8(14)4-7(13)5-9(10)15/h2-6H,1H3,(H,16,17)(H,18,19). The zero-order valence-corrected chi connectivity index (χ0v) is 9.88. The van der Waals surface area contributed by atoms with Gasteiger partial charge in [-0.2, -0.15) is 0 Å². The summed E-state index contributed by atoms with van der Waals surface area (Å²) in [6.45, 7) is 1.59. The first kappa shape index (κ1) is 13.1. The number of imidazole rings is 1. The number of H-pyrrole nitrogens is 1. The molecular weight excluding hydrogens is 259 g/mol. The van der Waals surface area contributed by atoms with E-state index in [0.29, 0.717) is 18.0 Å². The predicted octanol–water partition coefficient (Wildman–Crippen LogP) is 2.32. The van der Waals surface area contributed by atoms with E-state index in [0.717, 1.165) is 0 Å². The van der Waals surface area contributed by atoms with Crippen LogP contribution in [-0.2, 0) is 0 Å². The van der Waals surface area contributed by atoms with E-state index in [4.69, 9.17) is 0 Å². The molecule has 2 aromatic rings. The molecule has 1 heterocycles. The second-order valence-electron chi connectivity index (χ2n) is 3.91. The van der Waals surface area contributed by atoms with E-state index in [2.05, 4.69) is 15.3 Å². The van der Waals surface area contributed by atoms with Crippen molar-refractivity contribution < 1.29 is 18.0 Å². The van der Waals surface area contributed by atoms with Crippen LogP contribution in [0.15, 0.2) is 24.5 Å². The molecule has 1 aromatic carbocycles. The molecule has 0 aliphatic carbocycles. The highest BCUT2D eigenvalue weighted by Gasteiger charge is 2.21. The summed E-state index contributed by atoms with van der Waals surface area (Å²) in [5.41, 5.74) is -0.820. The lowest BCUT2D eigenvalue weighted by molar-refractivity contribution is 0.0929. The summed E-state index contributed by atoms with van der Waals surface area (Å²) < 4.78 is 39.5. The molecule has 0 saturated carbocycles. The maximum Gasteiger partial charge on any atom is 0.257 e. The molecule has 0 fully saturated rings. The molecule has 19 heavy (non-hydrogen) atoms. The van der Waals surface area contributed by atoms with Crippen LogP contribution in [0.2, 0.25) is 0 Å². The van der Waals surface area contributed by atoms with E-state index in [1.54, 1.807) is 13.1 Å². The molecule has 1 aromatic heterocycles. The minimum atomic E-state index is -1.25. The van der Waals surface area contributed by atoms with Crippen molar-refractivity contribution in [2.75, 3.05) is 0 Å². The fraction of sp³-hybridized carbons (Fsp3) is 0.167. The van der Waals surface area contributed by atoms with Gasteiger partial charge < -0.3 is 10.3 Å². The van der Waals surface area contributed by atoms with Gasteiger partial charge in [0.15, 0.2) is 0 Å². The van der Waals surface area contributed by atoms with Crippen LogP contribution >= 0.6 is 0 Å². The van der Waals surface area contributed by atoms with Gasteiger partial charge in [-0.05, 0) is 6.92 Å². The molecule has 0 aliphatic heterocycles. The van der Waals surface area contributed by atoms with Crippen molar-refractivity contribution in [3.05, 3.63) is 53.4 Å². The topological polar surface area (TPSA) is 57.8 Å². The van der Waals surface area contributed by atoms with Crippen molar-refractivity contribution in [1.29, 1.82) is 0 Å². The van der Waals surface area contributed by atoms with Gasteiger partial charge in [0.05, 0.1) is 6.04 Å². The van der Waals surface area contributed by atoms with E-state index in [1.165, 1.54) is 6.20 Å². The number of rotatable bonds is 3. The largest absolute Gasteiger partial charge is 0.347 e. The molecule has 4 nitrogen and oxygen atoms in total. The van der Waals surface area contributed by atoms with Crippen LogP contribution in [0.4, 0.5) is 13.2 Å². The Balaban J connectivity index is 2.21. The molecule has 0 radical (unpaired) electrons. The second kappa shape index (κ2) is 5.13. The highest BCUT2D eigenvalue weighted by molar-refractivity contribution is 5.94. The molecule has 2 N–H and O–H groups in total. The van der Waals surface area contributed by atoms with Crippen LogP contribution in [0, 0.1) is 17.5 Å². The lowest BCUT2D eigenvalue weighted by atomic mass is 10.1. The summed E-state index contributed by atoms with van der Waals surface area (Å²) in [6, 6.07) is 0.344. The first-order valence-electron chi connectivity index (χ1n) is 5.43. The van der Waals surface area contributed by atoms with E-state index in [-0.39, 0.29) is 0 Å². The summed E-state index contributed by atoms with van der Waals surface area (Å²) >= 11 is 0. The third-order valence-corrected chi connectivity index (χ3v) is 2.51. The van der Waals surface area contributed by atoms with Crippen LogP contribution in [0.3, 0.4) is 0 Å². The number of nitrogens with zero attached hydrogens (tertiary/aromatic N) is 1. The van der Waals surface area contributed by atoms with Crippen LogP contribution < -0.4 is 5.32 Å². The highest BCUT2D eigenvalue weighted by Crippen LogP contribution is 2.16. The third-order valence-electron chi connectivity index (χ3n) is 2.51. The maximum absolute atomic E-state index is 13.4. The molecule has 1 unspecified atom stereocenters. The SMILES string of the molecule is CC(NC(=O)c1c(F)cc(F)cc1F)c1ncc[nH]1. The first-order valence-corrected chi connectivity index (χ1v) is 5.43. The predicted molar refractivity (Wildman–Crippen MR) is 60.8 cm³/mol. The van der Waals surface area contributed by atoms with Crippen LogP contribution in [0.5, 0.6) is 0 Å². The van der Waals surface area contributed by atoms with E-state index in [9.17, 15) is 18.0 Å². The normalized spacial score (nSPS) is 12.2. The fourth-order valence-electron chi connectivity index (χ4n) is 1.61. The Morgan fingerprint density at radius 1 is 1.32 bits per heavy atom. The second-order valence-corrected chi connectivity index (χ2v) is 3.91. The average Bonchev–Trinajstić information content (AvgIpc) is 2.80. The lowest BCUT2D eigenvalue weighted by Gasteiger charge is -2.12. The smallest absolute Gasteiger partial charge is 0.257 e. The molecule has 2 rings (SSSR count). The minimum Gasteiger partial charge on any atom is -0.347 e. The number of nitrogens with one attached hydrogen (secondary N) is 2. The van der Waals surface area contributed by atoms with E-state index < -0.39 is 35.0 Å². The Morgan fingerprint density at radius 2 is 1.95 bits per heavy atom. The Kier molecular flexibility index (Phi) is 3.55. The van der Waals surface area contributed by atoms with Gasteiger partial charge in [0.2, 0.25) is 0 Å². The zero-order chi connectivity index (χ0) is 14.0. The van der Waals surface area contributed by atoms with Crippen molar-refractivity contribution in [3.8, 4) is 0 Å². The number of hydrogen-bond acceptors (Lipinski definition) is 2. The fourth-order valence-corrected chi connectivity index (χ4v) is 1.61. The van der Waals surface area contributed by atoms with Crippen molar-refractivity contribution in [3.63, 3.8) is 0 Å². The molecule has 0 saturated heterocycles.